The predicted molar refractivity (Wildman–Crippen MR) is 93.5 cm³/mol. The van der Waals surface area contributed by atoms with Gasteiger partial charge in [-0.3, -0.25) is 0 Å². The fourth-order valence-corrected chi connectivity index (χ4v) is 3.51. The van der Waals surface area contributed by atoms with Crippen LogP contribution in [0.2, 0.25) is 5.02 Å². The van der Waals surface area contributed by atoms with Crippen molar-refractivity contribution in [1.29, 1.82) is 0 Å². The van der Waals surface area contributed by atoms with Crippen LogP contribution in [0.5, 0.6) is 6.01 Å². The van der Waals surface area contributed by atoms with Gasteiger partial charge in [0.25, 0.3) is 0 Å². The first kappa shape index (κ1) is 15.0. The number of nitrogens with zero attached hydrogens (tertiary/aromatic N) is 4. The second kappa shape index (κ2) is 6.14. The van der Waals surface area contributed by atoms with E-state index in [1.54, 1.807) is 18.0 Å². The highest BCUT2D eigenvalue weighted by Gasteiger charge is 2.12. The van der Waals surface area contributed by atoms with Crippen LogP contribution in [0.1, 0.15) is 0 Å². The lowest BCUT2D eigenvalue weighted by atomic mass is 10.1. The molecule has 2 aromatic carbocycles. The Morgan fingerprint density at radius 1 is 1.04 bits per heavy atom. The van der Waals surface area contributed by atoms with Gasteiger partial charge in [-0.25, -0.2) is 4.98 Å². The minimum Gasteiger partial charge on any atom is -0.479 e. The molecule has 1 N–H and O–H groups in total. The van der Waals surface area contributed by atoms with Crippen LogP contribution in [-0.2, 0) is 0 Å². The second-order valence-corrected chi connectivity index (χ2v) is 6.55. The van der Waals surface area contributed by atoms with E-state index in [-0.39, 0.29) is 6.01 Å². The summed E-state index contributed by atoms with van der Waals surface area (Å²) in [5, 5.41) is 14.5. The van der Waals surface area contributed by atoms with Crippen molar-refractivity contribution >= 4 is 29.0 Å². The number of aromatic hydroxyl groups is 1. The van der Waals surface area contributed by atoms with Gasteiger partial charge in [0.05, 0.1) is 11.2 Å². The van der Waals surface area contributed by atoms with Gasteiger partial charge in [0.1, 0.15) is 6.33 Å². The Bertz CT molecular complexity index is 1020. The highest BCUT2D eigenvalue weighted by molar-refractivity contribution is 7.99. The van der Waals surface area contributed by atoms with Gasteiger partial charge in [-0.1, -0.05) is 47.6 Å². The van der Waals surface area contributed by atoms with Gasteiger partial charge in [-0.2, -0.15) is 14.6 Å². The number of hydrogen-bond acceptors (Lipinski definition) is 5. The normalized spacial score (nSPS) is 11.0. The third kappa shape index (κ3) is 2.70. The molecule has 0 aliphatic rings. The van der Waals surface area contributed by atoms with E-state index in [1.165, 1.54) is 10.8 Å². The molecule has 0 bridgehead atoms. The average Bonchev–Trinajstić information content (AvgIpc) is 3.03. The van der Waals surface area contributed by atoms with Gasteiger partial charge in [-0.05, 0) is 29.8 Å². The van der Waals surface area contributed by atoms with Gasteiger partial charge in [-0.15, -0.1) is 0 Å². The maximum atomic E-state index is 9.71. The van der Waals surface area contributed by atoms with Crippen LogP contribution in [0.25, 0.3) is 16.8 Å². The van der Waals surface area contributed by atoms with Crippen molar-refractivity contribution in [3.8, 4) is 17.1 Å². The van der Waals surface area contributed by atoms with E-state index in [0.717, 1.165) is 20.9 Å². The summed E-state index contributed by atoms with van der Waals surface area (Å²) < 4.78 is 1.29. The van der Waals surface area contributed by atoms with Gasteiger partial charge < -0.3 is 5.11 Å². The summed E-state index contributed by atoms with van der Waals surface area (Å²) in [6.45, 7) is 0. The first-order valence-electron chi connectivity index (χ1n) is 7.13. The number of benzene rings is 2. The summed E-state index contributed by atoms with van der Waals surface area (Å²) in [6.07, 6.45) is 2.94. The lowest BCUT2D eigenvalue weighted by Gasteiger charge is -2.06. The molecule has 0 spiro atoms. The molecular weight excluding hydrogens is 344 g/mol. The van der Waals surface area contributed by atoms with Crippen molar-refractivity contribution in [2.45, 2.75) is 9.79 Å². The summed E-state index contributed by atoms with van der Waals surface area (Å²) >= 11 is 8.06. The molecule has 0 aliphatic heterocycles. The predicted octanol–water partition coefficient (Wildman–Crippen LogP) is 4.30. The molecule has 4 rings (SSSR count). The molecule has 2 aromatic heterocycles. The van der Waals surface area contributed by atoms with Crippen LogP contribution >= 0.6 is 23.4 Å². The van der Waals surface area contributed by atoms with Crippen LogP contribution in [0.3, 0.4) is 0 Å². The summed E-state index contributed by atoms with van der Waals surface area (Å²) in [7, 11) is 0. The average molecular weight is 355 g/mol. The zero-order chi connectivity index (χ0) is 16.5. The summed E-state index contributed by atoms with van der Waals surface area (Å²) in [5.41, 5.74) is 2.19. The third-order valence-electron chi connectivity index (χ3n) is 3.50. The monoisotopic (exact) mass is 354 g/mol. The first-order valence-corrected chi connectivity index (χ1v) is 8.32. The summed E-state index contributed by atoms with van der Waals surface area (Å²) in [4.78, 5) is 9.99. The van der Waals surface area contributed by atoms with Crippen molar-refractivity contribution in [3.05, 3.63) is 66.1 Å². The molecule has 5 nitrogen and oxygen atoms in total. The molecule has 0 unspecified atom stereocenters. The first-order chi connectivity index (χ1) is 11.7. The molecule has 24 heavy (non-hydrogen) atoms. The highest BCUT2D eigenvalue weighted by atomic mass is 35.5. The number of halogens is 1. The van der Waals surface area contributed by atoms with E-state index in [2.05, 4.69) is 15.1 Å². The van der Waals surface area contributed by atoms with Crippen molar-refractivity contribution in [2.75, 3.05) is 0 Å². The molecule has 118 valence electrons. The zero-order valence-corrected chi connectivity index (χ0v) is 13.9. The Morgan fingerprint density at radius 3 is 2.67 bits per heavy atom. The highest BCUT2D eigenvalue weighted by Crippen LogP contribution is 2.36. The van der Waals surface area contributed by atoms with E-state index in [9.17, 15) is 5.11 Å². The quantitative estimate of drug-likeness (QED) is 0.594. The Hall–Kier alpha value is -2.57. The summed E-state index contributed by atoms with van der Waals surface area (Å²) in [6, 6.07) is 15.7. The van der Waals surface area contributed by atoms with Gasteiger partial charge in [0, 0.05) is 15.4 Å². The molecule has 0 atom stereocenters. The molecule has 0 saturated carbocycles. The van der Waals surface area contributed by atoms with Crippen LogP contribution in [0.4, 0.5) is 0 Å². The van der Waals surface area contributed by atoms with E-state index in [0.29, 0.717) is 10.7 Å². The van der Waals surface area contributed by atoms with Crippen molar-refractivity contribution in [3.63, 3.8) is 0 Å². The van der Waals surface area contributed by atoms with Crippen LogP contribution in [0, 0.1) is 0 Å². The molecular formula is C17H11ClN4OS. The third-order valence-corrected chi connectivity index (χ3v) is 5.01. The van der Waals surface area contributed by atoms with Crippen molar-refractivity contribution in [1.82, 2.24) is 19.6 Å². The number of hydrogen-bond donors (Lipinski definition) is 1. The van der Waals surface area contributed by atoms with Crippen LogP contribution < -0.4 is 0 Å². The van der Waals surface area contributed by atoms with Gasteiger partial charge in [0.15, 0.2) is 5.65 Å². The minimum absolute atomic E-state index is 0.200. The number of rotatable bonds is 3. The van der Waals surface area contributed by atoms with Crippen LogP contribution in [-0.4, -0.2) is 24.7 Å². The largest absolute Gasteiger partial charge is 0.479 e. The van der Waals surface area contributed by atoms with E-state index < -0.39 is 0 Å². The molecule has 2 heterocycles. The Morgan fingerprint density at radius 2 is 1.88 bits per heavy atom. The maximum Gasteiger partial charge on any atom is 0.318 e. The van der Waals surface area contributed by atoms with E-state index in [4.69, 9.17) is 11.6 Å². The molecule has 7 heteroatoms. The lowest BCUT2D eigenvalue weighted by Crippen LogP contribution is -1.93. The van der Waals surface area contributed by atoms with Gasteiger partial charge >= 0.3 is 6.01 Å². The lowest BCUT2D eigenvalue weighted by molar-refractivity contribution is 0.411. The topological polar surface area (TPSA) is 63.3 Å². The van der Waals surface area contributed by atoms with E-state index >= 15 is 0 Å². The zero-order valence-electron chi connectivity index (χ0n) is 12.3. The number of fused-ring (bicyclic) bond motifs is 1. The summed E-state index contributed by atoms with van der Waals surface area (Å²) in [5.74, 6) is 0. The van der Waals surface area contributed by atoms with Gasteiger partial charge in [0.2, 0.25) is 0 Å². The molecule has 0 saturated heterocycles. The van der Waals surface area contributed by atoms with Crippen molar-refractivity contribution < 1.29 is 5.11 Å². The molecule has 0 amide bonds. The van der Waals surface area contributed by atoms with E-state index in [1.807, 2.05) is 48.5 Å². The standard InChI is InChI=1S/C17H11ClN4OS/c18-14-8-11(6-7-15(14)24-12-4-2-1-3-5-12)13-9-21-22-16(13)19-10-20-17(22)23/h1-10H,(H,19,20,23). The fourth-order valence-electron chi connectivity index (χ4n) is 2.37. The SMILES string of the molecule is Oc1ncnc2c(-c3ccc(Sc4ccccc4)c(Cl)c3)cnn12. The molecule has 0 fully saturated rings. The Balaban J connectivity index is 1.72. The smallest absolute Gasteiger partial charge is 0.318 e. The maximum absolute atomic E-state index is 9.71. The van der Waals surface area contributed by atoms with Crippen LogP contribution in [0.15, 0.2) is 70.8 Å². The fraction of sp³-hybridized carbons (Fsp3) is 0. The number of aromatic nitrogens is 4. The Labute approximate surface area is 147 Å². The molecule has 4 aromatic rings. The second-order valence-electron chi connectivity index (χ2n) is 5.03. The molecule has 0 radical (unpaired) electrons. The molecule has 0 aliphatic carbocycles. The Kier molecular flexibility index (Phi) is 3.84. The van der Waals surface area contributed by atoms with Crippen molar-refractivity contribution in [2.24, 2.45) is 0 Å². The minimum atomic E-state index is -0.200.